The first kappa shape index (κ1) is 16.1. The number of aliphatic hydroxyl groups excluding tert-OH is 2. The van der Waals surface area contributed by atoms with E-state index in [2.05, 4.69) is 0 Å². The molecular formula is C19H24O4. The van der Waals surface area contributed by atoms with Gasteiger partial charge >= 0.3 is 5.97 Å². The highest BCUT2D eigenvalue weighted by atomic mass is 16.6. The van der Waals surface area contributed by atoms with Crippen LogP contribution in [0.2, 0.25) is 0 Å². The van der Waals surface area contributed by atoms with Crippen LogP contribution in [0.5, 0.6) is 0 Å². The topological polar surface area (TPSA) is 66.8 Å². The van der Waals surface area contributed by atoms with E-state index in [1.165, 1.54) is 0 Å². The Balaban J connectivity index is 1.89. The van der Waals surface area contributed by atoms with E-state index in [9.17, 15) is 15.0 Å². The van der Waals surface area contributed by atoms with Crippen LogP contribution in [0.25, 0.3) is 0 Å². The molecule has 1 saturated carbocycles. The van der Waals surface area contributed by atoms with Crippen LogP contribution in [0.4, 0.5) is 0 Å². The second-order valence-corrected chi connectivity index (χ2v) is 6.71. The van der Waals surface area contributed by atoms with Crippen LogP contribution in [0.1, 0.15) is 56.9 Å². The van der Waals surface area contributed by atoms with Gasteiger partial charge in [0.05, 0.1) is 11.7 Å². The number of carbonyl (C=O) groups is 1. The molecule has 0 saturated heterocycles. The highest BCUT2D eigenvalue weighted by Gasteiger charge is 2.45. The Kier molecular flexibility index (Phi) is 4.44. The molecule has 0 bridgehead atoms. The number of rotatable bonds is 3. The van der Waals surface area contributed by atoms with Gasteiger partial charge in [0.15, 0.2) is 0 Å². The van der Waals surface area contributed by atoms with Crippen LogP contribution in [-0.4, -0.2) is 27.9 Å². The quantitative estimate of drug-likeness (QED) is 0.836. The summed E-state index contributed by atoms with van der Waals surface area (Å²) >= 11 is 0. The molecule has 0 aromatic heterocycles. The smallest absolute Gasteiger partial charge is 0.338 e. The highest BCUT2D eigenvalue weighted by molar-refractivity contribution is 5.92. The van der Waals surface area contributed by atoms with E-state index in [4.69, 9.17) is 4.74 Å². The van der Waals surface area contributed by atoms with E-state index in [0.717, 1.165) is 12.0 Å². The van der Waals surface area contributed by atoms with E-state index in [1.54, 1.807) is 0 Å². The molecule has 3 rings (SSSR count). The van der Waals surface area contributed by atoms with Crippen LogP contribution < -0.4 is 0 Å². The summed E-state index contributed by atoms with van der Waals surface area (Å²) in [6, 6.07) is 9.76. The number of hydrogen-bond donors (Lipinski definition) is 2. The summed E-state index contributed by atoms with van der Waals surface area (Å²) in [7, 11) is 0. The third-order valence-electron chi connectivity index (χ3n) is 5.15. The van der Waals surface area contributed by atoms with Crippen molar-refractivity contribution in [2.24, 2.45) is 0 Å². The minimum atomic E-state index is -0.626. The zero-order valence-electron chi connectivity index (χ0n) is 13.5. The lowest BCUT2D eigenvalue weighted by Gasteiger charge is -2.42. The van der Waals surface area contributed by atoms with E-state index >= 15 is 0 Å². The lowest BCUT2D eigenvalue weighted by Crippen LogP contribution is -2.44. The number of hydrogen-bond acceptors (Lipinski definition) is 4. The van der Waals surface area contributed by atoms with Gasteiger partial charge < -0.3 is 14.9 Å². The van der Waals surface area contributed by atoms with Crippen molar-refractivity contribution in [2.75, 3.05) is 0 Å². The lowest BCUT2D eigenvalue weighted by atomic mass is 9.76. The summed E-state index contributed by atoms with van der Waals surface area (Å²) in [6.07, 6.45) is 3.23. The molecule has 4 nitrogen and oxygen atoms in total. The molecule has 1 aromatic carbocycles. The summed E-state index contributed by atoms with van der Waals surface area (Å²) in [5, 5.41) is 20.3. The number of carbonyl (C=O) groups excluding carboxylic acids is 1. The fourth-order valence-electron chi connectivity index (χ4n) is 3.85. The van der Waals surface area contributed by atoms with Crippen molar-refractivity contribution < 1.29 is 19.7 Å². The Bertz CT molecular complexity index is 597. The molecule has 0 radical (unpaired) electrons. The Morgan fingerprint density at radius 3 is 2.48 bits per heavy atom. The second kappa shape index (κ2) is 6.36. The summed E-state index contributed by atoms with van der Waals surface area (Å²) in [5.74, 6) is -0.385. The van der Waals surface area contributed by atoms with Crippen molar-refractivity contribution in [3.05, 3.63) is 47.2 Å². The van der Waals surface area contributed by atoms with Crippen LogP contribution in [0, 0.1) is 0 Å². The van der Waals surface area contributed by atoms with Crippen LogP contribution in [0.3, 0.4) is 0 Å². The molecule has 2 N–H and O–H groups in total. The largest absolute Gasteiger partial charge is 0.512 e. The maximum absolute atomic E-state index is 12.6. The van der Waals surface area contributed by atoms with E-state index in [1.807, 2.05) is 37.3 Å². The molecule has 1 aliphatic carbocycles. The van der Waals surface area contributed by atoms with Crippen molar-refractivity contribution >= 4 is 5.97 Å². The second-order valence-electron chi connectivity index (χ2n) is 6.71. The van der Waals surface area contributed by atoms with Crippen LogP contribution >= 0.6 is 0 Å². The first-order valence-corrected chi connectivity index (χ1v) is 8.43. The Morgan fingerprint density at radius 1 is 1.26 bits per heavy atom. The average Bonchev–Trinajstić information content (AvgIpc) is 2.55. The fourth-order valence-corrected chi connectivity index (χ4v) is 3.85. The van der Waals surface area contributed by atoms with Crippen molar-refractivity contribution in [3.63, 3.8) is 0 Å². The SMILES string of the molecule is CC[C@H](C1=C(O)CC2(CCC(O)CC2)OC1=O)c1ccccc1. The van der Waals surface area contributed by atoms with Crippen LogP contribution in [0.15, 0.2) is 41.7 Å². The summed E-state index contributed by atoms with van der Waals surface area (Å²) in [4.78, 5) is 12.6. The molecule has 1 heterocycles. The maximum Gasteiger partial charge on any atom is 0.338 e. The van der Waals surface area contributed by atoms with Crippen LogP contribution in [-0.2, 0) is 9.53 Å². The zero-order valence-corrected chi connectivity index (χ0v) is 13.5. The maximum atomic E-state index is 12.6. The first-order valence-electron chi connectivity index (χ1n) is 8.43. The normalized spacial score (nSPS) is 29.5. The summed E-state index contributed by atoms with van der Waals surface area (Å²) in [6.45, 7) is 2.01. The molecule has 1 aromatic rings. The fraction of sp³-hybridized carbons (Fsp3) is 0.526. The first-order chi connectivity index (χ1) is 11.0. The molecule has 1 aliphatic heterocycles. The van der Waals surface area contributed by atoms with Crippen molar-refractivity contribution in [1.82, 2.24) is 0 Å². The number of esters is 1. The minimum Gasteiger partial charge on any atom is -0.512 e. The van der Waals surface area contributed by atoms with Gasteiger partial charge in [0.25, 0.3) is 0 Å². The zero-order chi connectivity index (χ0) is 16.4. The summed E-state index contributed by atoms with van der Waals surface area (Å²) in [5.41, 5.74) is 0.790. The molecule has 124 valence electrons. The predicted octanol–water partition coefficient (Wildman–Crippen LogP) is 3.61. The van der Waals surface area contributed by atoms with E-state index < -0.39 is 11.6 Å². The van der Waals surface area contributed by atoms with E-state index in [-0.39, 0.29) is 17.8 Å². The lowest BCUT2D eigenvalue weighted by molar-refractivity contribution is -0.165. The van der Waals surface area contributed by atoms with Gasteiger partial charge in [0.2, 0.25) is 0 Å². The highest BCUT2D eigenvalue weighted by Crippen LogP contribution is 2.43. The average molecular weight is 316 g/mol. The number of aliphatic hydroxyl groups is 2. The van der Waals surface area contributed by atoms with Crippen molar-refractivity contribution in [2.45, 2.75) is 63.1 Å². The molecule has 2 aliphatic rings. The standard InChI is InChI=1S/C19H24O4/c1-2-15(13-6-4-3-5-7-13)17-16(21)12-19(23-18(17)22)10-8-14(20)9-11-19/h3-7,14-15,20-21H,2,8-12H2,1H3/t14?,15-,19?/m0/s1. The Morgan fingerprint density at radius 2 is 1.91 bits per heavy atom. The molecular weight excluding hydrogens is 292 g/mol. The van der Waals surface area contributed by atoms with Gasteiger partial charge in [0.1, 0.15) is 11.4 Å². The van der Waals surface area contributed by atoms with Gasteiger partial charge in [-0.2, -0.15) is 0 Å². The van der Waals surface area contributed by atoms with Gasteiger partial charge in [-0.1, -0.05) is 37.3 Å². The van der Waals surface area contributed by atoms with Gasteiger partial charge in [-0.15, -0.1) is 0 Å². The Hall–Kier alpha value is -1.81. The van der Waals surface area contributed by atoms with Crippen molar-refractivity contribution in [1.29, 1.82) is 0 Å². The molecule has 0 amide bonds. The molecule has 1 atom stereocenters. The minimum absolute atomic E-state index is 0.143. The van der Waals surface area contributed by atoms with Gasteiger partial charge in [-0.3, -0.25) is 0 Å². The molecule has 4 heteroatoms. The monoisotopic (exact) mass is 316 g/mol. The van der Waals surface area contributed by atoms with E-state index in [0.29, 0.717) is 37.7 Å². The molecule has 1 fully saturated rings. The number of ether oxygens (including phenoxy) is 1. The van der Waals surface area contributed by atoms with Gasteiger partial charge in [0, 0.05) is 12.3 Å². The van der Waals surface area contributed by atoms with Gasteiger partial charge in [-0.25, -0.2) is 4.79 Å². The van der Waals surface area contributed by atoms with Crippen molar-refractivity contribution in [3.8, 4) is 0 Å². The summed E-state index contributed by atoms with van der Waals surface area (Å²) < 4.78 is 5.78. The molecule has 1 spiro atoms. The number of benzene rings is 1. The predicted molar refractivity (Wildman–Crippen MR) is 87.0 cm³/mol. The molecule has 0 unspecified atom stereocenters. The Labute approximate surface area is 136 Å². The third kappa shape index (κ3) is 3.13. The molecule has 23 heavy (non-hydrogen) atoms. The third-order valence-corrected chi connectivity index (χ3v) is 5.15. The van der Waals surface area contributed by atoms with Gasteiger partial charge in [-0.05, 0) is 37.7 Å².